The second-order valence-corrected chi connectivity index (χ2v) is 7.25. The van der Waals surface area contributed by atoms with Crippen LogP contribution in [0.3, 0.4) is 0 Å². The molecule has 134 valence electrons. The number of halogens is 2. The summed E-state index contributed by atoms with van der Waals surface area (Å²) in [7, 11) is 1.37. The molecule has 0 fully saturated rings. The smallest absolute Gasteiger partial charge is 0.414 e. The maximum atomic E-state index is 12.2. The minimum atomic E-state index is -0.407. The van der Waals surface area contributed by atoms with E-state index in [-0.39, 0.29) is 6.04 Å². The Kier molecular flexibility index (Phi) is 5.40. The van der Waals surface area contributed by atoms with E-state index in [0.29, 0.717) is 22.1 Å². The van der Waals surface area contributed by atoms with Gasteiger partial charge in [0.05, 0.1) is 22.8 Å². The van der Waals surface area contributed by atoms with Gasteiger partial charge in [0.1, 0.15) is 17.6 Å². The lowest BCUT2D eigenvalue weighted by Crippen LogP contribution is -2.42. The van der Waals surface area contributed by atoms with Crippen molar-refractivity contribution in [3.05, 3.63) is 51.0 Å². The molecule has 26 heavy (non-hydrogen) atoms. The van der Waals surface area contributed by atoms with Crippen LogP contribution >= 0.6 is 27.5 Å². The van der Waals surface area contributed by atoms with Crippen molar-refractivity contribution >= 4 is 39.3 Å². The van der Waals surface area contributed by atoms with E-state index in [0.717, 1.165) is 28.6 Å². The molecule has 7 heteroatoms. The Morgan fingerprint density at radius 2 is 2.15 bits per heavy atom. The topological polar surface area (TPSA) is 62.6 Å². The van der Waals surface area contributed by atoms with Crippen LogP contribution in [0.15, 0.2) is 34.8 Å². The molecule has 2 aromatic rings. The third-order valence-corrected chi connectivity index (χ3v) is 5.21. The Labute approximate surface area is 165 Å². The van der Waals surface area contributed by atoms with Gasteiger partial charge in [0, 0.05) is 16.6 Å². The van der Waals surface area contributed by atoms with Gasteiger partial charge >= 0.3 is 6.09 Å². The summed E-state index contributed by atoms with van der Waals surface area (Å²) >= 11 is 9.47. The Bertz CT molecular complexity index is 910. The number of anilines is 1. The average molecular weight is 436 g/mol. The quantitative estimate of drug-likeness (QED) is 0.609. The first-order chi connectivity index (χ1) is 12.5. The second kappa shape index (κ2) is 7.56. The van der Waals surface area contributed by atoms with Crippen molar-refractivity contribution in [2.24, 2.45) is 0 Å². The SMILES string of the molecule is COC(=O)N1c2ccc(Br)c(Oc3ccc(Cl)cc3C#N)c2CC[C@@H]1C. The summed E-state index contributed by atoms with van der Waals surface area (Å²) < 4.78 is 11.8. The molecule has 2 aromatic carbocycles. The van der Waals surface area contributed by atoms with Crippen molar-refractivity contribution in [1.29, 1.82) is 5.26 Å². The maximum Gasteiger partial charge on any atom is 0.414 e. The number of benzene rings is 2. The van der Waals surface area contributed by atoms with E-state index < -0.39 is 6.09 Å². The van der Waals surface area contributed by atoms with E-state index in [4.69, 9.17) is 21.1 Å². The monoisotopic (exact) mass is 434 g/mol. The fraction of sp³-hybridized carbons (Fsp3) is 0.263. The molecule has 3 rings (SSSR count). The Hall–Kier alpha value is -2.23. The molecule has 1 atom stereocenters. The molecule has 1 aliphatic rings. The predicted octanol–water partition coefficient (Wildman–Crippen LogP) is 5.67. The van der Waals surface area contributed by atoms with Gasteiger partial charge < -0.3 is 9.47 Å². The number of hydrogen-bond acceptors (Lipinski definition) is 4. The second-order valence-electron chi connectivity index (χ2n) is 5.96. The molecular formula is C19H16BrClN2O3. The summed E-state index contributed by atoms with van der Waals surface area (Å²) in [6, 6.07) is 10.7. The highest BCUT2D eigenvalue weighted by atomic mass is 79.9. The standard InChI is InChI=1S/C19H16BrClN2O3/c1-11-3-5-14-16(23(11)19(24)25-2)7-6-15(20)18(14)26-17-8-4-13(21)9-12(17)10-22/h4,6-9,11H,3,5H2,1-2H3/t11-/m0/s1. The van der Waals surface area contributed by atoms with Crippen molar-refractivity contribution in [2.45, 2.75) is 25.8 Å². The maximum absolute atomic E-state index is 12.2. The number of nitrogens with zero attached hydrogens (tertiary/aromatic N) is 2. The number of amides is 1. The van der Waals surface area contributed by atoms with E-state index >= 15 is 0 Å². The predicted molar refractivity (Wildman–Crippen MR) is 103 cm³/mol. The van der Waals surface area contributed by atoms with Crippen molar-refractivity contribution in [3.63, 3.8) is 0 Å². The third kappa shape index (κ3) is 3.37. The van der Waals surface area contributed by atoms with Crippen LogP contribution in [0.25, 0.3) is 0 Å². The molecule has 0 aromatic heterocycles. The van der Waals surface area contributed by atoms with Crippen LogP contribution in [-0.2, 0) is 11.2 Å². The highest BCUT2D eigenvalue weighted by Crippen LogP contribution is 2.43. The number of nitriles is 1. The van der Waals surface area contributed by atoms with E-state index in [2.05, 4.69) is 22.0 Å². The number of rotatable bonds is 2. The number of carbonyl (C=O) groups is 1. The Morgan fingerprint density at radius 1 is 1.38 bits per heavy atom. The molecule has 1 heterocycles. The number of carbonyl (C=O) groups excluding carboxylic acids is 1. The zero-order valence-electron chi connectivity index (χ0n) is 14.3. The molecule has 0 radical (unpaired) electrons. The summed E-state index contributed by atoms with van der Waals surface area (Å²) in [6.45, 7) is 1.98. The first-order valence-corrected chi connectivity index (χ1v) is 9.19. The number of ether oxygens (including phenoxy) is 2. The van der Waals surface area contributed by atoms with Crippen LogP contribution in [0.5, 0.6) is 11.5 Å². The van der Waals surface area contributed by atoms with E-state index in [9.17, 15) is 10.1 Å². The van der Waals surface area contributed by atoms with Gasteiger partial charge in [0.2, 0.25) is 0 Å². The van der Waals surface area contributed by atoms with Gasteiger partial charge in [0.15, 0.2) is 0 Å². The molecule has 5 nitrogen and oxygen atoms in total. The van der Waals surface area contributed by atoms with Crippen LogP contribution in [0.1, 0.15) is 24.5 Å². The Morgan fingerprint density at radius 3 is 2.85 bits per heavy atom. The lowest BCUT2D eigenvalue weighted by atomic mass is 9.96. The van der Waals surface area contributed by atoms with Crippen LogP contribution in [0.2, 0.25) is 5.02 Å². The molecule has 0 N–H and O–H groups in total. The van der Waals surface area contributed by atoms with Crippen molar-refractivity contribution in [1.82, 2.24) is 0 Å². The van der Waals surface area contributed by atoms with Gasteiger partial charge in [0.25, 0.3) is 0 Å². The summed E-state index contributed by atoms with van der Waals surface area (Å²) in [5, 5.41) is 9.81. The summed E-state index contributed by atoms with van der Waals surface area (Å²) in [4.78, 5) is 13.9. The minimum Gasteiger partial charge on any atom is -0.454 e. The van der Waals surface area contributed by atoms with Gasteiger partial charge in [-0.05, 0) is 66.0 Å². The zero-order valence-corrected chi connectivity index (χ0v) is 16.6. The number of methoxy groups -OCH3 is 1. The van der Waals surface area contributed by atoms with Gasteiger partial charge in [-0.3, -0.25) is 4.90 Å². The normalized spacial score (nSPS) is 15.8. The average Bonchev–Trinajstić information content (AvgIpc) is 2.64. The summed E-state index contributed by atoms with van der Waals surface area (Å²) in [5.74, 6) is 0.997. The van der Waals surface area contributed by atoms with E-state index in [1.807, 2.05) is 19.1 Å². The molecule has 1 aliphatic heterocycles. The van der Waals surface area contributed by atoms with Crippen LogP contribution in [-0.4, -0.2) is 19.2 Å². The molecule has 0 saturated carbocycles. The molecule has 0 spiro atoms. The van der Waals surface area contributed by atoms with E-state index in [1.54, 1.807) is 23.1 Å². The van der Waals surface area contributed by atoms with Crippen molar-refractivity contribution in [2.75, 3.05) is 12.0 Å². The molecule has 0 unspecified atom stereocenters. The van der Waals surface area contributed by atoms with Crippen molar-refractivity contribution in [3.8, 4) is 17.6 Å². The molecule has 0 bridgehead atoms. The highest BCUT2D eigenvalue weighted by molar-refractivity contribution is 9.10. The lowest BCUT2D eigenvalue weighted by molar-refractivity contribution is 0.175. The number of hydrogen-bond donors (Lipinski definition) is 0. The highest BCUT2D eigenvalue weighted by Gasteiger charge is 2.32. The summed E-state index contributed by atoms with van der Waals surface area (Å²) in [5.41, 5.74) is 1.99. The van der Waals surface area contributed by atoms with Gasteiger partial charge in [-0.25, -0.2) is 4.79 Å². The Balaban J connectivity index is 2.09. The van der Waals surface area contributed by atoms with Crippen molar-refractivity contribution < 1.29 is 14.3 Å². The van der Waals surface area contributed by atoms with Gasteiger partial charge in [-0.15, -0.1) is 0 Å². The molecule has 1 amide bonds. The molecule has 0 saturated heterocycles. The van der Waals surface area contributed by atoms with Gasteiger partial charge in [-0.2, -0.15) is 5.26 Å². The lowest BCUT2D eigenvalue weighted by Gasteiger charge is -2.35. The molecule has 0 aliphatic carbocycles. The zero-order chi connectivity index (χ0) is 18.8. The number of fused-ring (bicyclic) bond motifs is 1. The van der Waals surface area contributed by atoms with Crippen LogP contribution < -0.4 is 9.64 Å². The van der Waals surface area contributed by atoms with Gasteiger partial charge in [-0.1, -0.05) is 11.6 Å². The van der Waals surface area contributed by atoms with E-state index in [1.165, 1.54) is 7.11 Å². The molecular weight excluding hydrogens is 420 g/mol. The largest absolute Gasteiger partial charge is 0.454 e. The van der Waals surface area contributed by atoms with Crippen LogP contribution in [0.4, 0.5) is 10.5 Å². The fourth-order valence-corrected chi connectivity index (χ4v) is 3.68. The first kappa shape index (κ1) is 18.6. The summed E-state index contributed by atoms with van der Waals surface area (Å²) in [6.07, 6.45) is 1.12. The minimum absolute atomic E-state index is 0.0224. The first-order valence-electron chi connectivity index (χ1n) is 8.02. The fourth-order valence-electron chi connectivity index (χ4n) is 3.05. The third-order valence-electron chi connectivity index (χ3n) is 4.35. The van der Waals surface area contributed by atoms with Crippen LogP contribution in [0, 0.1) is 11.3 Å².